The second-order valence-electron chi connectivity index (χ2n) is 5.02. The number of guanidine groups is 1. The molecule has 2 N–H and O–H groups in total. The Balaban J connectivity index is 0.00000147. The van der Waals surface area contributed by atoms with Gasteiger partial charge in [0.2, 0.25) is 0 Å². The Kier molecular flexibility index (Phi) is 5.20. The van der Waals surface area contributed by atoms with Crippen LogP contribution in [0.1, 0.15) is 17.9 Å². The third-order valence-electron chi connectivity index (χ3n) is 3.69. The molecule has 1 aromatic rings. The van der Waals surface area contributed by atoms with Crippen molar-refractivity contribution in [3.63, 3.8) is 0 Å². The van der Waals surface area contributed by atoms with Crippen molar-refractivity contribution in [2.75, 3.05) is 26.3 Å². The van der Waals surface area contributed by atoms with E-state index in [1.807, 2.05) is 17.0 Å². The second kappa shape index (κ2) is 6.71. The lowest BCUT2D eigenvalue weighted by Crippen LogP contribution is -2.45. The lowest BCUT2D eigenvalue weighted by atomic mass is 10.1. The molecule has 4 nitrogen and oxygen atoms in total. The van der Waals surface area contributed by atoms with Crippen molar-refractivity contribution in [1.29, 1.82) is 0 Å². The van der Waals surface area contributed by atoms with Crippen molar-refractivity contribution in [3.05, 3.63) is 35.6 Å². The van der Waals surface area contributed by atoms with Crippen LogP contribution in [0.5, 0.6) is 0 Å². The highest BCUT2D eigenvalue weighted by atomic mass is 127. The smallest absolute Gasteiger partial charge is 0.191 e. The first-order valence-electron chi connectivity index (χ1n) is 6.66. The molecule has 1 aromatic carbocycles. The third-order valence-corrected chi connectivity index (χ3v) is 3.69. The van der Waals surface area contributed by atoms with Crippen LogP contribution in [-0.2, 0) is 4.74 Å². The van der Waals surface area contributed by atoms with E-state index in [-0.39, 0.29) is 41.8 Å². The summed E-state index contributed by atoms with van der Waals surface area (Å²) in [6.45, 7) is 2.95. The van der Waals surface area contributed by atoms with Gasteiger partial charge in [-0.25, -0.2) is 9.38 Å². The van der Waals surface area contributed by atoms with Gasteiger partial charge in [-0.1, -0.05) is 18.2 Å². The van der Waals surface area contributed by atoms with E-state index in [1.165, 1.54) is 6.07 Å². The summed E-state index contributed by atoms with van der Waals surface area (Å²) in [5.41, 5.74) is 6.75. The molecule has 2 unspecified atom stereocenters. The summed E-state index contributed by atoms with van der Waals surface area (Å²) in [7, 11) is 0. The molecule has 20 heavy (non-hydrogen) atoms. The van der Waals surface area contributed by atoms with Crippen molar-refractivity contribution < 1.29 is 9.13 Å². The number of halogens is 2. The number of nitrogens with two attached hydrogens (primary N) is 1. The fraction of sp³-hybridized carbons (Fsp3) is 0.500. The van der Waals surface area contributed by atoms with E-state index in [4.69, 9.17) is 10.5 Å². The van der Waals surface area contributed by atoms with Gasteiger partial charge in [-0.3, -0.25) is 0 Å². The molecule has 2 fully saturated rings. The Morgan fingerprint density at radius 1 is 1.30 bits per heavy atom. The second-order valence-corrected chi connectivity index (χ2v) is 5.02. The molecule has 1 saturated carbocycles. The minimum absolute atomic E-state index is 0. The highest BCUT2D eigenvalue weighted by Gasteiger charge is 2.40. The molecular formula is C14H19FIN3O. The van der Waals surface area contributed by atoms with Gasteiger partial charge in [0.15, 0.2) is 5.96 Å². The van der Waals surface area contributed by atoms with Crippen LogP contribution in [0.4, 0.5) is 4.39 Å². The molecule has 1 heterocycles. The highest BCUT2D eigenvalue weighted by molar-refractivity contribution is 14.0. The van der Waals surface area contributed by atoms with E-state index in [0.29, 0.717) is 19.2 Å². The molecule has 3 rings (SSSR count). The van der Waals surface area contributed by atoms with Gasteiger partial charge in [-0.05, 0) is 18.1 Å². The molecule has 0 amide bonds. The SMILES string of the molecule is I.NC(=NC1CC1c1ccccc1F)N1CCOCC1. The molecule has 0 radical (unpaired) electrons. The average Bonchev–Trinajstić information content (AvgIpc) is 3.19. The van der Waals surface area contributed by atoms with Crippen LogP contribution in [-0.4, -0.2) is 43.2 Å². The molecule has 0 aromatic heterocycles. The molecule has 110 valence electrons. The standard InChI is InChI=1S/C14H18FN3O.HI/c15-12-4-2-1-3-10(12)11-9-13(11)17-14(16)18-5-7-19-8-6-18;/h1-4,11,13H,5-9H2,(H2,16,17);1H. The first-order valence-corrected chi connectivity index (χ1v) is 6.66. The zero-order valence-electron chi connectivity index (χ0n) is 11.2. The van der Waals surface area contributed by atoms with Gasteiger partial charge in [0.05, 0.1) is 19.3 Å². The summed E-state index contributed by atoms with van der Waals surface area (Å²) in [4.78, 5) is 6.54. The van der Waals surface area contributed by atoms with Crippen LogP contribution >= 0.6 is 24.0 Å². The summed E-state index contributed by atoms with van der Waals surface area (Å²) in [6, 6.07) is 7.03. The largest absolute Gasteiger partial charge is 0.378 e. The van der Waals surface area contributed by atoms with E-state index in [2.05, 4.69) is 4.99 Å². The van der Waals surface area contributed by atoms with Crippen LogP contribution in [0.25, 0.3) is 0 Å². The third kappa shape index (κ3) is 3.41. The van der Waals surface area contributed by atoms with Crippen molar-refractivity contribution >= 4 is 29.9 Å². The van der Waals surface area contributed by atoms with E-state index in [0.717, 1.165) is 25.1 Å². The summed E-state index contributed by atoms with van der Waals surface area (Å²) < 4.78 is 18.9. The molecule has 1 aliphatic heterocycles. The number of morpholine rings is 1. The van der Waals surface area contributed by atoms with Gasteiger partial charge in [-0.2, -0.15) is 0 Å². The summed E-state index contributed by atoms with van der Waals surface area (Å²) >= 11 is 0. The summed E-state index contributed by atoms with van der Waals surface area (Å²) in [5, 5.41) is 0. The minimum atomic E-state index is -0.143. The van der Waals surface area contributed by atoms with Crippen molar-refractivity contribution in [2.45, 2.75) is 18.4 Å². The maximum absolute atomic E-state index is 13.6. The zero-order valence-corrected chi connectivity index (χ0v) is 13.5. The Morgan fingerprint density at radius 2 is 2.00 bits per heavy atom. The molecule has 1 aliphatic carbocycles. The fourth-order valence-corrected chi connectivity index (χ4v) is 2.48. The highest BCUT2D eigenvalue weighted by Crippen LogP contribution is 2.44. The number of nitrogens with zero attached hydrogens (tertiary/aromatic N) is 2. The number of aliphatic imine (C=N–C) groups is 1. The molecular weight excluding hydrogens is 372 g/mol. The molecule has 2 aliphatic rings. The maximum atomic E-state index is 13.6. The molecule has 0 spiro atoms. The maximum Gasteiger partial charge on any atom is 0.191 e. The first kappa shape index (κ1) is 15.5. The predicted octanol–water partition coefficient (Wildman–Crippen LogP) is 1.95. The lowest BCUT2D eigenvalue weighted by molar-refractivity contribution is 0.0674. The normalized spacial score (nSPS) is 26.1. The van der Waals surface area contributed by atoms with Crippen LogP contribution in [0.15, 0.2) is 29.3 Å². The quantitative estimate of drug-likeness (QED) is 0.477. The molecule has 6 heteroatoms. The van der Waals surface area contributed by atoms with Crippen LogP contribution in [0.3, 0.4) is 0 Å². The number of rotatable bonds is 2. The van der Waals surface area contributed by atoms with E-state index >= 15 is 0 Å². The molecule has 1 saturated heterocycles. The molecule has 2 atom stereocenters. The van der Waals surface area contributed by atoms with Gasteiger partial charge in [0, 0.05) is 19.0 Å². The number of benzene rings is 1. The Bertz CT molecular complexity index is 491. The fourth-order valence-electron chi connectivity index (χ4n) is 2.48. The number of hydrogen-bond donors (Lipinski definition) is 1. The van der Waals surface area contributed by atoms with Crippen LogP contribution < -0.4 is 5.73 Å². The van der Waals surface area contributed by atoms with Crippen molar-refractivity contribution in [1.82, 2.24) is 4.90 Å². The molecule has 0 bridgehead atoms. The Morgan fingerprint density at radius 3 is 2.70 bits per heavy atom. The predicted molar refractivity (Wildman–Crippen MR) is 87.0 cm³/mol. The van der Waals surface area contributed by atoms with Gasteiger partial charge < -0.3 is 15.4 Å². The van der Waals surface area contributed by atoms with Crippen molar-refractivity contribution in [2.24, 2.45) is 10.7 Å². The average molecular weight is 391 g/mol. The monoisotopic (exact) mass is 391 g/mol. The van der Waals surface area contributed by atoms with Gasteiger partial charge >= 0.3 is 0 Å². The van der Waals surface area contributed by atoms with E-state index < -0.39 is 0 Å². The van der Waals surface area contributed by atoms with Gasteiger partial charge in [0.1, 0.15) is 5.82 Å². The van der Waals surface area contributed by atoms with Crippen LogP contribution in [0, 0.1) is 5.82 Å². The van der Waals surface area contributed by atoms with Gasteiger partial charge in [0.25, 0.3) is 0 Å². The summed E-state index contributed by atoms with van der Waals surface area (Å²) in [5.74, 6) is 0.600. The Hall–Kier alpha value is -0.890. The van der Waals surface area contributed by atoms with E-state index in [1.54, 1.807) is 6.07 Å². The Labute approximate surface area is 135 Å². The first-order chi connectivity index (χ1) is 9.25. The van der Waals surface area contributed by atoms with Crippen LogP contribution in [0.2, 0.25) is 0 Å². The van der Waals surface area contributed by atoms with Crippen molar-refractivity contribution in [3.8, 4) is 0 Å². The van der Waals surface area contributed by atoms with Gasteiger partial charge in [-0.15, -0.1) is 24.0 Å². The lowest BCUT2D eigenvalue weighted by Gasteiger charge is -2.27. The minimum Gasteiger partial charge on any atom is -0.378 e. The number of hydrogen-bond acceptors (Lipinski definition) is 2. The topological polar surface area (TPSA) is 50.8 Å². The number of ether oxygens (including phenoxy) is 1. The summed E-state index contributed by atoms with van der Waals surface area (Å²) in [6.07, 6.45) is 0.881. The zero-order chi connectivity index (χ0) is 13.2. The van der Waals surface area contributed by atoms with E-state index in [9.17, 15) is 4.39 Å².